The highest BCUT2D eigenvalue weighted by Crippen LogP contribution is 2.36. The van der Waals surface area contributed by atoms with Crippen LogP contribution >= 0.6 is 12.6 Å². The highest BCUT2D eigenvalue weighted by Gasteiger charge is 2.39. The van der Waals surface area contributed by atoms with Gasteiger partial charge in [-0.3, -0.25) is 4.79 Å². The fraction of sp³-hybridized carbons (Fsp3) is 0.875. The lowest BCUT2D eigenvalue weighted by atomic mass is 10.1. The second-order valence-corrected chi connectivity index (χ2v) is 3.70. The molecule has 0 heterocycles. The molecule has 0 aromatic carbocycles. The topological polar surface area (TPSA) is 26.3 Å². The van der Waals surface area contributed by atoms with Crippen LogP contribution < -0.4 is 0 Å². The van der Waals surface area contributed by atoms with Crippen molar-refractivity contribution >= 4 is 18.6 Å². The van der Waals surface area contributed by atoms with Gasteiger partial charge in [0.15, 0.2) is 0 Å². The SMILES string of the molecule is CCOC(=O)C1([S])CCCC1. The third-order valence-corrected chi connectivity index (χ3v) is 2.63. The van der Waals surface area contributed by atoms with Crippen LogP contribution in [-0.4, -0.2) is 17.3 Å². The van der Waals surface area contributed by atoms with Gasteiger partial charge in [0, 0.05) is 0 Å². The van der Waals surface area contributed by atoms with Crippen LogP contribution in [0, 0.1) is 0 Å². The fourth-order valence-corrected chi connectivity index (χ4v) is 1.76. The minimum Gasteiger partial charge on any atom is -0.465 e. The average Bonchev–Trinajstić information content (AvgIpc) is 2.38. The summed E-state index contributed by atoms with van der Waals surface area (Å²) in [5.41, 5.74) is 0. The summed E-state index contributed by atoms with van der Waals surface area (Å²) in [7, 11) is 0. The maximum absolute atomic E-state index is 11.2. The third-order valence-electron chi connectivity index (χ3n) is 2.06. The summed E-state index contributed by atoms with van der Waals surface area (Å²) < 4.78 is 4.31. The van der Waals surface area contributed by atoms with Gasteiger partial charge in [-0.15, -0.1) is 0 Å². The molecule has 1 saturated carbocycles. The van der Waals surface area contributed by atoms with Gasteiger partial charge in [0.2, 0.25) is 0 Å². The zero-order valence-electron chi connectivity index (χ0n) is 6.76. The van der Waals surface area contributed by atoms with Crippen molar-refractivity contribution in [3.8, 4) is 0 Å². The summed E-state index contributed by atoms with van der Waals surface area (Å²) in [5.74, 6) is -0.187. The first-order chi connectivity index (χ1) is 5.19. The molecule has 11 heavy (non-hydrogen) atoms. The normalized spacial score (nSPS) is 21.6. The molecule has 0 saturated heterocycles. The van der Waals surface area contributed by atoms with Crippen molar-refractivity contribution in [2.75, 3.05) is 6.61 Å². The number of esters is 1. The minimum atomic E-state index is -0.573. The monoisotopic (exact) mass is 173 g/mol. The Morgan fingerprint density at radius 2 is 2.09 bits per heavy atom. The largest absolute Gasteiger partial charge is 0.465 e. The van der Waals surface area contributed by atoms with E-state index in [0.717, 1.165) is 25.7 Å². The molecule has 2 nitrogen and oxygen atoms in total. The standard InChI is InChI=1S/C8H13O2S/c1-2-10-7(9)8(11)5-3-4-6-8/h2-6H2,1H3. The molecule has 63 valence electrons. The lowest BCUT2D eigenvalue weighted by Gasteiger charge is -2.17. The van der Waals surface area contributed by atoms with E-state index in [4.69, 9.17) is 17.4 Å². The molecule has 0 bridgehead atoms. The Bertz CT molecular complexity index is 150. The number of rotatable bonds is 2. The van der Waals surface area contributed by atoms with Gasteiger partial charge in [-0.25, -0.2) is 0 Å². The lowest BCUT2D eigenvalue weighted by molar-refractivity contribution is -0.145. The number of carbonyl (C=O) groups is 1. The van der Waals surface area contributed by atoms with Crippen molar-refractivity contribution in [2.45, 2.75) is 37.4 Å². The average molecular weight is 173 g/mol. The highest BCUT2D eigenvalue weighted by atomic mass is 32.1. The molecule has 0 atom stereocenters. The van der Waals surface area contributed by atoms with E-state index in [0.29, 0.717) is 6.61 Å². The zero-order chi connectivity index (χ0) is 8.32. The van der Waals surface area contributed by atoms with Crippen molar-refractivity contribution < 1.29 is 9.53 Å². The number of hydrogen-bond donors (Lipinski definition) is 0. The van der Waals surface area contributed by atoms with E-state index in [2.05, 4.69) is 0 Å². The quantitative estimate of drug-likeness (QED) is 0.597. The summed E-state index contributed by atoms with van der Waals surface area (Å²) in [6.07, 6.45) is 3.78. The van der Waals surface area contributed by atoms with Gasteiger partial charge in [-0.05, 0) is 19.8 Å². The molecule has 3 heteroatoms. The van der Waals surface area contributed by atoms with E-state index in [1.165, 1.54) is 0 Å². The van der Waals surface area contributed by atoms with E-state index in [1.54, 1.807) is 0 Å². The van der Waals surface area contributed by atoms with Gasteiger partial charge in [0.05, 0.1) is 6.61 Å². The van der Waals surface area contributed by atoms with Gasteiger partial charge in [-0.2, -0.15) is 0 Å². The van der Waals surface area contributed by atoms with Crippen LogP contribution in [0.25, 0.3) is 0 Å². The molecule has 1 aliphatic rings. The van der Waals surface area contributed by atoms with E-state index in [-0.39, 0.29) is 5.97 Å². The number of carbonyl (C=O) groups excluding carboxylic acids is 1. The van der Waals surface area contributed by atoms with Crippen LogP contribution in [0.3, 0.4) is 0 Å². The van der Waals surface area contributed by atoms with Crippen molar-refractivity contribution in [3.05, 3.63) is 0 Å². The molecule has 0 unspecified atom stereocenters. The maximum atomic E-state index is 11.2. The van der Waals surface area contributed by atoms with E-state index < -0.39 is 4.75 Å². The van der Waals surface area contributed by atoms with E-state index >= 15 is 0 Å². The Morgan fingerprint density at radius 3 is 2.55 bits per heavy atom. The lowest BCUT2D eigenvalue weighted by Crippen LogP contribution is -2.31. The summed E-state index contributed by atoms with van der Waals surface area (Å²) in [6, 6.07) is 0. The van der Waals surface area contributed by atoms with Gasteiger partial charge in [0.1, 0.15) is 4.75 Å². The minimum absolute atomic E-state index is 0.187. The molecule has 1 aliphatic carbocycles. The van der Waals surface area contributed by atoms with Crippen LogP contribution in [0.5, 0.6) is 0 Å². The molecule has 1 rings (SSSR count). The first-order valence-corrected chi connectivity index (χ1v) is 4.47. The Kier molecular flexibility index (Phi) is 2.82. The second kappa shape index (κ2) is 3.48. The smallest absolute Gasteiger partial charge is 0.323 e. The van der Waals surface area contributed by atoms with E-state index in [9.17, 15) is 4.79 Å². The maximum Gasteiger partial charge on any atom is 0.323 e. The first-order valence-electron chi connectivity index (χ1n) is 4.07. The van der Waals surface area contributed by atoms with Crippen molar-refractivity contribution in [1.82, 2.24) is 0 Å². The molecule has 1 fully saturated rings. The molecular weight excluding hydrogens is 160 g/mol. The third kappa shape index (κ3) is 1.89. The van der Waals surface area contributed by atoms with Crippen molar-refractivity contribution in [3.63, 3.8) is 0 Å². The molecule has 0 aromatic heterocycles. The molecule has 0 spiro atoms. The summed E-state index contributed by atoms with van der Waals surface area (Å²) >= 11 is 5.18. The van der Waals surface area contributed by atoms with Crippen LogP contribution in [0.1, 0.15) is 32.6 Å². The second-order valence-electron chi connectivity index (χ2n) is 2.92. The predicted molar refractivity (Wildman–Crippen MR) is 45.4 cm³/mol. The molecule has 0 amide bonds. The van der Waals surface area contributed by atoms with Crippen molar-refractivity contribution in [1.29, 1.82) is 0 Å². The summed E-state index contributed by atoms with van der Waals surface area (Å²) in [6.45, 7) is 2.25. The van der Waals surface area contributed by atoms with Crippen LogP contribution in [-0.2, 0) is 9.53 Å². The first kappa shape index (κ1) is 8.91. The molecular formula is C8H13O2S. The highest BCUT2D eigenvalue weighted by molar-refractivity contribution is 7.82. The molecule has 1 radical (unpaired) electrons. The van der Waals surface area contributed by atoms with Crippen LogP contribution in [0.15, 0.2) is 0 Å². The van der Waals surface area contributed by atoms with Gasteiger partial charge in [0.25, 0.3) is 0 Å². The fourth-order valence-electron chi connectivity index (χ4n) is 1.41. The summed E-state index contributed by atoms with van der Waals surface area (Å²) in [5, 5.41) is 0. The van der Waals surface area contributed by atoms with E-state index in [1.807, 2.05) is 6.92 Å². The molecule has 0 aliphatic heterocycles. The Hall–Kier alpha value is -0.180. The van der Waals surface area contributed by atoms with Crippen LogP contribution in [0.4, 0.5) is 0 Å². The van der Waals surface area contributed by atoms with Gasteiger partial charge in [-0.1, -0.05) is 25.5 Å². The number of hydrogen-bond acceptors (Lipinski definition) is 2. The van der Waals surface area contributed by atoms with Crippen LogP contribution in [0.2, 0.25) is 0 Å². The number of ether oxygens (including phenoxy) is 1. The zero-order valence-corrected chi connectivity index (χ0v) is 7.58. The van der Waals surface area contributed by atoms with Gasteiger partial charge < -0.3 is 4.74 Å². The van der Waals surface area contributed by atoms with Crippen molar-refractivity contribution in [2.24, 2.45) is 0 Å². The predicted octanol–water partition coefficient (Wildman–Crippen LogP) is 2.06. The molecule has 0 aromatic rings. The van der Waals surface area contributed by atoms with Gasteiger partial charge >= 0.3 is 5.97 Å². The Balaban J connectivity index is 2.49. The Morgan fingerprint density at radius 1 is 1.55 bits per heavy atom. The summed E-state index contributed by atoms with van der Waals surface area (Å²) in [4.78, 5) is 11.2. The molecule has 0 N–H and O–H groups in total. The Labute approximate surface area is 72.7 Å².